The molecule has 0 unspecified atom stereocenters. The summed E-state index contributed by atoms with van der Waals surface area (Å²) in [4.78, 5) is 23.0. The van der Waals surface area contributed by atoms with Crippen LogP contribution in [0.1, 0.15) is 50.7 Å². The SMILES string of the molecule is Cc1cccc2cc(/C=C3\SC(=S)N(CCC(C)C)C3=O)c(N3CCCCC3)nc12. The van der Waals surface area contributed by atoms with Gasteiger partial charge in [0.15, 0.2) is 0 Å². The molecule has 4 nitrogen and oxygen atoms in total. The number of pyridine rings is 1. The summed E-state index contributed by atoms with van der Waals surface area (Å²) in [6, 6.07) is 8.45. The summed E-state index contributed by atoms with van der Waals surface area (Å²) in [5, 5.41) is 1.11. The first-order valence-corrected chi connectivity index (χ1v) is 12.1. The lowest BCUT2D eigenvalue weighted by Crippen LogP contribution is -2.31. The number of thiocarbonyl (C=S) groups is 1. The fourth-order valence-electron chi connectivity index (χ4n) is 4.04. The molecule has 4 rings (SSSR count). The summed E-state index contributed by atoms with van der Waals surface area (Å²) >= 11 is 6.93. The number of thioether (sulfide) groups is 1. The molecule has 6 heteroatoms. The molecule has 158 valence electrons. The first-order valence-electron chi connectivity index (χ1n) is 10.8. The molecule has 0 spiro atoms. The highest BCUT2D eigenvalue weighted by Crippen LogP contribution is 2.36. The number of para-hydroxylation sites is 1. The molecule has 1 amide bonds. The van der Waals surface area contributed by atoms with Crippen LogP contribution in [0.4, 0.5) is 5.82 Å². The quantitative estimate of drug-likeness (QED) is 0.436. The number of nitrogens with zero attached hydrogens (tertiary/aromatic N) is 3. The van der Waals surface area contributed by atoms with Gasteiger partial charge in [-0.3, -0.25) is 9.69 Å². The number of carbonyl (C=O) groups excluding carboxylic acids is 1. The first-order chi connectivity index (χ1) is 14.4. The van der Waals surface area contributed by atoms with Gasteiger partial charge in [-0.15, -0.1) is 0 Å². The van der Waals surface area contributed by atoms with Gasteiger partial charge in [-0.2, -0.15) is 0 Å². The molecule has 0 N–H and O–H groups in total. The highest BCUT2D eigenvalue weighted by molar-refractivity contribution is 8.26. The smallest absolute Gasteiger partial charge is 0.266 e. The minimum atomic E-state index is 0.0274. The van der Waals surface area contributed by atoms with Crippen molar-refractivity contribution < 1.29 is 4.79 Å². The van der Waals surface area contributed by atoms with Crippen molar-refractivity contribution in [2.45, 2.75) is 46.5 Å². The fraction of sp³-hybridized carbons (Fsp3) is 0.458. The van der Waals surface area contributed by atoms with Crippen LogP contribution in [0.5, 0.6) is 0 Å². The average molecular weight is 440 g/mol. The summed E-state index contributed by atoms with van der Waals surface area (Å²) in [5.41, 5.74) is 3.23. The van der Waals surface area contributed by atoms with Crippen LogP contribution in [-0.4, -0.2) is 39.7 Å². The van der Waals surface area contributed by atoms with Gasteiger partial charge in [0, 0.05) is 30.6 Å². The van der Waals surface area contributed by atoms with Gasteiger partial charge in [0.2, 0.25) is 0 Å². The molecule has 1 aromatic heterocycles. The van der Waals surface area contributed by atoms with Crippen LogP contribution in [0.15, 0.2) is 29.2 Å². The molecule has 3 heterocycles. The number of anilines is 1. The lowest BCUT2D eigenvalue weighted by molar-refractivity contribution is -0.122. The largest absolute Gasteiger partial charge is 0.356 e. The maximum Gasteiger partial charge on any atom is 0.266 e. The summed E-state index contributed by atoms with van der Waals surface area (Å²) in [6.45, 7) is 9.16. The van der Waals surface area contributed by atoms with Crippen molar-refractivity contribution in [1.82, 2.24) is 9.88 Å². The van der Waals surface area contributed by atoms with Crippen LogP contribution in [0.3, 0.4) is 0 Å². The van der Waals surface area contributed by atoms with E-state index >= 15 is 0 Å². The number of hydrogen-bond acceptors (Lipinski definition) is 5. The number of amides is 1. The van der Waals surface area contributed by atoms with Crippen LogP contribution < -0.4 is 4.90 Å². The lowest BCUT2D eigenvalue weighted by atomic mass is 10.1. The van der Waals surface area contributed by atoms with Gasteiger partial charge in [0.05, 0.1) is 10.4 Å². The zero-order valence-electron chi connectivity index (χ0n) is 18.0. The molecule has 0 bridgehead atoms. The summed E-state index contributed by atoms with van der Waals surface area (Å²) in [6.07, 6.45) is 6.60. The topological polar surface area (TPSA) is 36.4 Å². The van der Waals surface area contributed by atoms with Crippen LogP contribution in [0.25, 0.3) is 17.0 Å². The van der Waals surface area contributed by atoms with E-state index in [0.717, 1.165) is 41.8 Å². The summed E-state index contributed by atoms with van der Waals surface area (Å²) in [5.74, 6) is 1.56. The molecule has 0 aliphatic carbocycles. The molecule has 2 aliphatic heterocycles. The van der Waals surface area contributed by atoms with E-state index in [0.29, 0.717) is 21.7 Å². The van der Waals surface area contributed by atoms with Crippen molar-refractivity contribution >= 4 is 57.0 Å². The van der Waals surface area contributed by atoms with Gasteiger partial charge >= 0.3 is 0 Å². The van der Waals surface area contributed by atoms with Crippen molar-refractivity contribution in [3.05, 3.63) is 40.3 Å². The third-order valence-electron chi connectivity index (χ3n) is 5.80. The predicted octanol–water partition coefficient (Wildman–Crippen LogP) is 5.78. The number of benzene rings is 1. The van der Waals surface area contributed by atoms with E-state index in [1.165, 1.54) is 36.6 Å². The highest BCUT2D eigenvalue weighted by atomic mass is 32.2. The van der Waals surface area contributed by atoms with E-state index in [4.69, 9.17) is 17.2 Å². The molecule has 2 aromatic rings. The van der Waals surface area contributed by atoms with Crippen molar-refractivity contribution in [1.29, 1.82) is 0 Å². The lowest BCUT2D eigenvalue weighted by Gasteiger charge is -2.29. The number of aromatic nitrogens is 1. The number of carbonyl (C=O) groups is 1. The van der Waals surface area contributed by atoms with Crippen LogP contribution in [0.2, 0.25) is 0 Å². The highest BCUT2D eigenvalue weighted by Gasteiger charge is 2.32. The molecule has 2 saturated heterocycles. The third kappa shape index (κ3) is 4.40. The Morgan fingerprint density at radius 2 is 2.00 bits per heavy atom. The Morgan fingerprint density at radius 3 is 2.73 bits per heavy atom. The Labute approximate surface area is 188 Å². The second-order valence-corrected chi connectivity index (χ2v) is 10.3. The predicted molar refractivity (Wildman–Crippen MR) is 132 cm³/mol. The maximum absolute atomic E-state index is 13.1. The van der Waals surface area contributed by atoms with Crippen molar-refractivity contribution in [2.75, 3.05) is 24.5 Å². The molecule has 0 atom stereocenters. The Kier molecular flexibility index (Phi) is 6.44. The molecular weight excluding hydrogens is 410 g/mol. The van der Waals surface area contributed by atoms with E-state index in [9.17, 15) is 4.79 Å². The molecular formula is C24H29N3OS2. The van der Waals surface area contributed by atoms with Crippen LogP contribution in [-0.2, 0) is 4.79 Å². The zero-order chi connectivity index (χ0) is 21.3. The minimum absolute atomic E-state index is 0.0274. The Bertz CT molecular complexity index is 1010. The number of rotatable bonds is 5. The fourth-order valence-corrected chi connectivity index (χ4v) is 5.34. The van der Waals surface area contributed by atoms with Gasteiger partial charge < -0.3 is 4.90 Å². The molecule has 0 radical (unpaired) electrons. The van der Waals surface area contributed by atoms with Crippen molar-refractivity contribution in [2.24, 2.45) is 5.92 Å². The zero-order valence-corrected chi connectivity index (χ0v) is 19.6. The standard InChI is InChI=1S/C24H29N3OS2/c1-16(2)10-13-27-23(28)20(30-24(27)29)15-19-14-18-9-7-8-17(3)21(18)25-22(19)26-11-5-4-6-12-26/h7-9,14-16H,4-6,10-13H2,1-3H3/b20-15-. The van der Waals surface area contributed by atoms with Gasteiger partial charge in [0.1, 0.15) is 10.1 Å². The Balaban J connectivity index is 1.74. The first kappa shape index (κ1) is 21.3. The molecule has 0 saturated carbocycles. The third-order valence-corrected chi connectivity index (χ3v) is 7.18. The van der Waals surface area contributed by atoms with Gasteiger partial charge in [-0.25, -0.2) is 4.98 Å². The number of hydrogen-bond donors (Lipinski definition) is 0. The average Bonchev–Trinajstić information content (AvgIpc) is 2.99. The number of piperidine rings is 1. The van der Waals surface area contributed by atoms with Gasteiger partial charge in [-0.05, 0) is 56.2 Å². The maximum atomic E-state index is 13.1. The normalized spacial score (nSPS) is 19.0. The van der Waals surface area contributed by atoms with E-state index < -0.39 is 0 Å². The Hall–Kier alpha value is -1.92. The van der Waals surface area contributed by atoms with E-state index in [1.807, 2.05) is 6.08 Å². The molecule has 2 fully saturated rings. The Morgan fingerprint density at radius 1 is 1.23 bits per heavy atom. The minimum Gasteiger partial charge on any atom is -0.356 e. The second kappa shape index (κ2) is 9.06. The van der Waals surface area contributed by atoms with E-state index in [2.05, 4.69) is 49.9 Å². The van der Waals surface area contributed by atoms with E-state index in [1.54, 1.807) is 4.90 Å². The molecule has 2 aliphatic rings. The van der Waals surface area contributed by atoms with E-state index in [-0.39, 0.29) is 5.91 Å². The molecule has 30 heavy (non-hydrogen) atoms. The summed E-state index contributed by atoms with van der Waals surface area (Å²) in [7, 11) is 0. The van der Waals surface area contributed by atoms with Crippen molar-refractivity contribution in [3.63, 3.8) is 0 Å². The van der Waals surface area contributed by atoms with Gasteiger partial charge in [0.25, 0.3) is 5.91 Å². The summed E-state index contributed by atoms with van der Waals surface area (Å²) < 4.78 is 0.663. The monoisotopic (exact) mass is 439 g/mol. The molecule has 1 aromatic carbocycles. The van der Waals surface area contributed by atoms with Crippen LogP contribution in [0, 0.1) is 12.8 Å². The van der Waals surface area contributed by atoms with Gasteiger partial charge in [-0.1, -0.05) is 56.0 Å². The number of fused-ring (bicyclic) bond motifs is 1. The number of aryl methyl sites for hydroxylation is 1. The van der Waals surface area contributed by atoms with Crippen molar-refractivity contribution in [3.8, 4) is 0 Å². The second-order valence-electron chi connectivity index (χ2n) is 8.61. The van der Waals surface area contributed by atoms with Crippen LogP contribution >= 0.6 is 24.0 Å².